The van der Waals surface area contributed by atoms with Gasteiger partial charge in [-0.25, -0.2) is 0 Å². The number of nitrogens with two attached hydrogens (primary N) is 2. The van der Waals surface area contributed by atoms with Crippen molar-refractivity contribution in [2.24, 2.45) is 11.5 Å². The Bertz CT molecular complexity index is 59.5. The molecule has 0 radical (unpaired) electrons. The first-order valence-electron chi connectivity index (χ1n) is 3.64. The Balaban J connectivity index is -0.000000320. The molecule has 0 aromatic carbocycles. The van der Waals surface area contributed by atoms with Crippen LogP contribution in [0.5, 0.6) is 0 Å². The molecule has 2 atom stereocenters. The molecule has 4 heteroatoms. The number of rotatable bonds is 4. The third-order valence-corrected chi connectivity index (χ3v) is 1.32. The lowest BCUT2D eigenvalue weighted by Crippen LogP contribution is -2.18. The van der Waals surface area contributed by atoms with Crippen molar-refractivity contribution in [2.75, 3.05) is 0 Å². The highest BCUT2D eigenvalue weighted by molar-refractivity contribution is 5.85. The molecule has 0 aromatic heterocycles. The van der Waals surface area contributed by atoms with Gasteiger partial charge in [0.2, 0.25) is 0 Å². The lowest BCUT2D eigenvalue weighted by molar-refractivity contribution is 0.554. The highest BCUT2D eigenvalue weighted by Crippen LogP contribution is 1.99. The summed E-state index contributed by atoms with van der Waals surface area (Å²) in [4.78, 5) is 0. The van der Waals surface area contributed by atoms with E-state index in [4.69, 9.17) is 11.5 Å². The van der Waals surface area contributed by atoms with Crippen LogP contribution in [-0.2, 0) is 0 Å². The summed E-state index contributed by atoms with van der Waals surface area (Å²) in [6.45, 7) is 4.06. The summed E-state index contributed by atoms with van der Waals surface area (Å²) in [7, 11) is 0. The first-order chi connectivity index (χ1) is 4.13. The van der Waals surface area contributed by atoms with Crippen molar-refractivity contribution in [3.8, 4) is 0 Å². The van der Waals surface area contributed by atoms with Gasteiger partial charge in [0.05, 0.1) is 0 Å². The highest BCUT2D eigenvalue weighted by atomic mass is 35.5. The highest BCUT2D eigenvalue weighted by Gasteiger charge is 1.96. The summed E-state index contributed by atoms with van der Waals surface area (Å²) in [5, 5.41) is 0. The molecule has 0 heterocycles. The van der Waals surface area contributed by atoms with E-state index in [9.17, 15) is 0 Å². The smallest absolute Gasteiger partial charge is 0.00104 e. The maximum Gasteiger partial charge on any atom is 0.00104 e. The van der Waals surface area contributed by atoms with E-state index < -0.39 is 0 Å². The molecule has 0 fully saturated rings. The average Bonchev–Trinajstić information content (AvgIpc) is 1.63. The monoisotopic (exact) mass is 202 g/mol. The van der Waals surface area contributed by atoms with Crippen molar-refractivity contribution in [1.29, 1.82) is 0 Å². The lowest BCUT2D eigenvalue weighted by atomic mass is 10.1. The average molecular weight is 203 g/mol. The summed E-state index contributed by atoms with van der Waals surface area (Å²) < 4.78 is 0. The molecule has 0 aliphatic rings. The third-order valence-electron chi connectivity index (χ3n) is 1.32. The van der Waals surface area contributed by atoms with Crippen molar-refractivity contribution < 1.29 is 0 Å². The van der Waals surface area contributed by atoms with Crippen molar-refractivity contribution in [3.05, 3.63) is 0 Å². The van der Waals surface area contributed by atoms with Gasteiger partial charge in [0.1, 0.15) is 0 Å². The topological polar surface area (TPSA) is 52.0 Å². The van der Waals surface area contributed by atoms with Crippen LogP contribution in [0, 0.1) is 0 Å². The molecule has 0 bridgehead atoms. The Morgan fingerprint density at radius 3 is 1.36 bits per heavy atom. The van der Waals surface area contributed by atoms with Gasteiger partial charge in [0.25, 0.3) is 0 Å². The van der Waals surface area contributed by atoms with Crippen molar-refractivity contribution in [2.45, 2.75) is 45.2 Å². The molecule has 2 nitrogen and oxygen atoms in total. The Hall–Kier alpha value is 0.500. The second-order valence-corrected chi connectivity index (χ2v) is 2.89. The van der Waals surface area contributed by atoms with Crippen LogP contribution in [0.1, 0.15) is 33.1 Å². The standard InChI is InChI=1S/C7H18N2.2ClH/c1-6(8)4-3-5-7(2)9;;/h6-7H,3-5,8-9H2,1-2H3;2*1H. The number of hydrogen-bond donors (Lipinski definition) is 2. The Kier molecular flexibility index (Phi) is 16.8. The molecule has 0 aliphatic carbocycles. The van der Waals surface area contributed by atoms with E-state index in [1.807, 2.05) is 13.8 Å². The fourth-order valence-electron chi connectivity index (χ4n) is 0.762. The molecule has 0 aromatic rings. The zero-order valence-electron chi connectivity index (χ0n) is 7.25. The van der Waals surface area contributed by atoms with Gasteiger partial charge >= 0.3 is 0 Å². The first-order valence-corrected chi connectivity index (χ1v) is 3.64. The van der Waals surface area contributed by atoms with Crippen molar-refractivity contribution in [1.82, 2.24) is 0 Å². The van der Waals surface area contributed by atoms with Gasteiger partial charge in [0, 0.05) is 12.1 Å². The molecule has 0 amide bonds. The number of halogens is 2. The van der Waals surface area contributed by atoms with Gasteiger partial charge in [-0.05, 0) is 26.7 Å². The van der Waals surface area contributed by atoms with Gasteiger partial charge in [-0.2, -0.15) is 0 Å². The molecule has 11 heavy (non-hydrogen) atoms. The number of hydrogen-bond acceptors (Lipinski definition) is 2. The maximum absolute atomic E-state index is 5.54. The molecule has 4 N–H and O–H groups in total. The summed E-state index contributed by atoms with van der Waals surface area (Å²) in [5.74, 6) is 0. The van der Waals surface area contributed by atoms with Gasteiger partial charge in [-0.15, -0.1) is 24.8 Å². The third kappa shape index (κ3) is 18.0. The Morgan fingerprint density at radius 1 is 0.909 bits per heavy atom. The van der Waals surface area contributed by atoms with Crippen LogP contribution in [0.2, 0.25) is 0 Å². The van der Waals surface area contributed by atoms with Crippen LogP contribution in [0.25, 0.3) is 0 Å². The second-order valence-electron chi connectivity index (χ2n) is 2.89. The van der Waals surface area contributed by atoms with Crippen molar-refractivity contribution >= 4 is 24.8 Å². The van der Waals surface area contributed by atoms with Crippen LogP contribution in [-0.4, -0.2) is 12.1 Å². The molecule has 0 saturated heterocycles. The Labute approximate surface area is 81.9 Å². The zero-order chi connectivity index (χ0) is 7.28. The molecular formula is C7H20Cl2N2. The van der Waals surface area contributed by atoms with E-state index in [0.717, 1.165) is 19.3 Å². The van der Waals surface area contributed by atoms with Crippen LogP contribution < -0.4 is 11.5 Å². The van der Waals surface area contributed by atoms with Crippen LogP contribution in [0.15, 0.2) is 0 Å². The van der Waals surface area contributed by atoms with Crippen LogP contribution >= 0.6 is 24.8 Å². The molecule has 0 aliphatic heterocycles. The zero-order valence-corrected chi connectivity index (χ0v) is 8.88. The minimum absolute atomic E-state index is 0. The van der Waals surface area contributed by atoms with E-state index >= 15 is 0 Å². The molecule has 72 valence electrons. The van der Waals surface area contributed by atoms with E-state index in [1.165, 1.54) is 0 Å². The van der Waals surface area contributed by atoms with E-state index in [0.29, 0.717) is 12.1 Å². The molecular weight excluding hydrogens is 183 g/mol. The normalized spacial score (nSPS) is 14.2. The fraction of sp³-hybridized carbons (Fsp3) is 1.00. The van der Waals surface area contributed by atoms with Crippen LogP contribution in [0.3, 0.4) is 0 Å². The predicted molar refractivity (Wildman–Crippen MR) is 55.6 cm³/mol. The van der Waals surface area contributed by atoms with Crippen molar-refractivity contribution in [3.63, 3.8) is 0 Å². The molecule has 0 rings (SSSR count). The summed E-state index contributed by atoms with van der Waals surface area (Å²) in [6, 6.07) is 0.674. The quantitative estimate of drug-likeness (QED) is 0.730. The first kappa shape index (κ1) is 17.5. The van der Waals surface area contributed by atoms with Gasteiger partial charge in [-0.3, -0.25) is 0 Å². The Morgan fingerprint density at radius 2 is 1.18 bits per heavy atom. The predicted octanol–water partition coefficient (Wildman–Crippen LogP) is 1.69. The minimum Gasteiger partial charge on any atom is -0.328 e. The lowest BCUT2D eigenvalue weighted by Gasteiger charge is -2.05. The second kappa shape index (κ2) is 10.5. The minimum atomic E-state index is 0. The molecule has 0 spiro atoms. The van der Waals surface area contributed by atoms with Gasteiger partial charge < -0.3 is 11.5 Å². The van der Waals surface area contributed by atoms with Gasteiger partial charge in [-0.1, -0.05) is 6.42 Å². The fourth-order valence-corrected chi connectivity index (χ4v) is 0.762. The molecule has 0 saturated carbocycles. The summed E-state index contributed by atoms with van der Waals surface area (Å²) in [6.07, 6.45) is 3.36. The SMILES string of the molecule is CC(N)CCCC(C)N.Cl.Cl. The van der Waals surface area contributed by atoms with E-state index in [-0.39, 0.29) is 24.8 Å². The summed E-state index contributed by atoms with van der Waals surface area (Å²) >= 11 is 0. The maximum atomic E-state index is 5.54. The van der Waals surface area contributed by atoms with Gasteiger partial charge in [0.15, 0.2) is 0 Å². The molecule has 2 unspecified atom stereocenters. The van der Waals surface area contributed by atoms with E-state index in [1.54, 1.807) is 0 Å². The van der Waals surface area contributed by atoms with Crippen LogP contribution in [0.4, 0.5) is 0 Å². The largest absolute Gasteiger partial charge is 0.328 e. The summed E-state index contributed by atoms with van der Waals surface area (Å²) in [5.41, 5.74) is 11.1. The van der Waals surface area contributed by atoms with E-state index in [2.05, 4.69) is 0 Å².